The molecule has 3 heterocycles. The second-order valence-electron chi connectivity index (χ2n) is 8.29. The molecule has 33 heavy (non-hydrogen) atoms. The fourth-order valence-corrected chi connectivity index (χ4v) is 4.39. The van der Waals surface area contributed by atoms with Crippen LogP contribution in [0.4, 0.5) is 0 Å². The van der Waals surface area contributed by atoms with Gasteiger partial charge in [0.25, 0.3) is 5.56 Å². The molecule has 0 radical (unpaired) electrons. The molecular formula is C27H21N5O. The molecule has 6 rings (SSSR count). The molecule has 6 heteroatoms. The summed E-state index contributed by atoms with van der Waals surface area (Å²) in [5, 5.41) is 0.492. The Bertz CT molecular complexity index is 1730. The van der Waals surface area contributed by atoms with Crippen LogP contribution in [0.2, 0.25) is 0 Å². The largest absolute Gasteiger partial charge is 0.292 e. The van der Waals surface area contributed by atoms with Crippen molar-refractivity contribution in [3.63, 3.8) is 0 Å². The maximum absolute atomic E-state index is 13.9. The van der Waals surface area contributed by atoms with E-state index in [-0.39, 0.29) is 5.56 Å². The second-order valence-corrected chi connectivity index (χ2v) is 8.29. The molecular weight excluding hydrogens is 410 g/mol. The first-order valence-electron chi connectivity index (χ1n) is 10.9. The number of aryl methyl sites for hydroxylation is 2. The minimum absolute atomic E-state index is 0.109. The molecule has 0 unspecified atom stereocenters. The van der Waals surface area contributed by atoms with E-state index in [1.54, 1.807) is 4.57 Å². The lowest BCUT2D eigenvalue weighted by Gasteiger charge is -2.11. The third kappa shape index (κ3) is 3.10. The van der Waals surface area contributed by atoms with Gasteiger partial charge in [0.05, 0.1) is 17.6 Å². The Hall–Kier alpha value is -4.32. The number of hydrogen-bond donors (Lipinski definition) is 0. The molecule has 3 aromatic carbocycles. The highest BCUT2D eigenvalue weighted by atomic mass is 16.1. The van der Waals surface area contributed by atoms with Crippen LogP contribution in [0.1, 0.15) is 17.0 Å². The summed E-state index contributed by atoms with van der Waals surface area (Å²) in [6, 6.07) is 25.8. The van der Waals surface area contributed by atoms with Gasteiger partial charge in [0.2, 0.25) is 0 Å². The zero-order valence-corrected chi connectivity index (χ0v) is 18.4. The van der Waals surface area contributed by atoms with Crippen molar-refractivity contribution in [1.29, 1.82) is 0 Å². The van der Waals surface area contributed by atoms with Crippen molar-refractivity contribution in [2.24, 2.45) is 0 Å². The molecule has 0 spiro atoms. The molecule has 0 N–H and O–H groups in total. The summed E-state index contributed by atoms with van der Waals surface area (Å²) >= 11 is 0. The van der Waals surface area contributed by atoms with Gasteiger partial charge in [-0.2, -0.15) is 0 Å². The highest BCUT2D eigenvalue weighted by Crippen LogP contribution is 2.29. The minimum Gasteiger partial charge on any atom is -0.292 e. The average Bonchev–Trinajstić information content (AvgIpc) is 3.13. The van der Waals surface area contributed by atoms with E-state index < -0.39 is 0 Å². The van der Waals surface area contributed by atoms with E-state index in [1.807, 2.05) is 91.2 Å². The smallest absolute Gasteiger partial charge is 0.265 e. The summed E-state index contributed by atoms with van der Waals surface area (Å²) in [5.41, 5.74) is 6.28. The number of hydrogen-bond acceptors (Lipinski definition) is 4. The summed E-state index contributed by atoms with van der Waals surface area (Å²) in [6.45, 7) is 4.37. The Balaban J connectivity index is 1.75. The lowest BCUT2D eigenvalue weighted by molar-refractivity contribution is 0.711. The van der Waals surface area contributed by atoms with Crippen molar-refractivity contribution < 1.29 is 0 Å². The molecule has 160 valence electrons. The topological polar surface area (TPSA) is 65.6 Å². The highest BCUT2D eigenvalue weighted by Gasteiger charge is 2.22. The van der Waals surface area contributed by atoms with E-state index in [0.29, 0.717) is 34.6 Å². The fourth-order valence-electron chi connectivity index (χ4n) is 4.39. The Labute approximate surface area is 189 Å². The summed E-state index contributed by atoms with van der Waals surface area (Å²) in [4.78, 5) is 28.6. The molecule has 6 nitrogen and oxygen atoms in total. The molecule has 3 aromatic heterocycles. The highest BCUT2D eigenvalue weighted by molar-refractivity contribution is 6.05. The van der Waals surface area contributed by atoms with E-state index in [4.69, 9.17) is 15.0 Å². The van der Waals surface area contributed by atoms with E-state index in [2.05, 4.69) is 6.07 Å². The predicted octanol–water partition coefficient (Wildman–Crippen LogP) is 4.95. The van der Waals surface area contributed by atoms with Crippen LogP contribution in [0.3, 0.4) is 0 Å². The summed E-state index contributed by atoms with van der Waals surface area (Å²) < 4.78 is 3.67. The molecule has 0 amide bonds. The zero-order chi connectivity index (χ0) is 22.5. The van der Waals surface area contributed by atoms with Crippen molar-refractivity contribution >= 4 is 33.2 Å². The van der Waals surface area contributed by atoms with Gasteiger partial charge in [-0.15, -0.1) is 0 Å². The third-order valence-corrected chi connectivity index (χ3v) is 6.00. The quantitative estimate of drug-likeness (QED) is 0.398. The van der Waals surface area contributed by atoms with Crippen molar-refractivity contribution in [3.8, 4) is 5.69 Å². The Morgan fingerprint density at radius 3 is 2.24 bits per heavy atom. The van der Waals surface area contributed by atoms with Crippen LogP contribution in [-0.4, -0.2) is 24.1 Å². The zero-order valence-electron chi connectivity index (χ0n) is 18.4. The molecule has 0 saturated heterocycles. The molecule has 0 saturated carbocycles. The second kappa shape index (κ2) is 7.38. The van der Waals surface area contributed by atoms with Crippen LogP contribution >= 0.6 is 0 Å². The van der Waals surface area contributed by atoms with Crippen molar-refractivity contribution in [2.75, 3.05) is 0 Å². The van der Waals surface area contributed by atoms with Gasteiger partial charge in [-0.05, 0) is 49.2 Å². The molecule has 0 bridgehead atoms. The lowest BCUT2D eigenvalue weighted by atomic mass is 10.2. The summed E-state index contributed by atoms with van der Waals surface area (Å²) in [5.74, 6) is 0.651. The SMILES string of the molecule is Cc1cccc(-n2c3nc4ccccc4nc3c3c(=O)n(Cc4ccccc4)c(C)nc32)c1. The number of aromatic nitrogens is 5. The number of para-hydroxylation sites is 2. The predicted molar refractivity (Wildman–Crippen MR) is 131 cm³/mol. The van der Waals surface area contributed by atoms with Gasteiger partial charge in [-0.25, -0.2) is 15.0 Å². The van der Waals surface area contributed by atoms with Crippen molar-refractivity contribution in [1.82, 2.24) is 24.1 Å². The first-order valence-corrected chi connectivity index (χ1v) is 10.9. The van der Waals surface area contributed by atoms with Crippen LogP contribution in [0, 0.1) is 13.8 Å². The fraction of sp³-hybridized carbons (Fsp3) is 0.111. The molecule has 0 aliphatic heterocycles. The van der Waals surface area contributed by atoms with Gasteiger partial charge in [-0.1, -0.05) is 54.6 Å². The Kier molecular flexibility index (Phi) is 4.33. The van der Waals surface area contributed by atoms with Gasteiger partial charge in [0.15, 0.2) is 11.3 Å². The minimum atomic E-state index is -0.109. The number of fused-ring (bicyclic) bond motifs is 4. The van der Waals surface area contributed by atoms with Gasteiger partial charge in [0.1, 0.15) is 16.7 Å². The molecule has 0 aliphatic carbocycles. The number of nitrogens with zero attached hydrogens (tertiary/aromatic N) is 5. The maximum atomic E-state index is 13.9. The van der Waals surface area contributed by atoms with E-state index in [9.17, 15) is 4.79 Å². The maximum Gasteiger partial charge on any atom is 0.265 e. The average molecular weight is 431 g/mol. The normalized spacial score (nSPS) is 11.6. The lowest BCUT2D eigenvalue weighted by Crippen LogP contribution is -2.24. The van der Waals surface area contributed by atoms with Crippen molar-refractivity contribution in [3.05, 3.63) is 106 Å². The molecule has 0 atom stereocenters. The summed E-state index contributed by atoms with van der Waals surface area (Å²) in [7, 11) is 0. The number of rotatable bonds is 3. The van der Waals surface area contributed by atoms with Crippen LogP contribution in [0.15, 0.2) is 83.7 Å². The third-order valence-electron chi connectivity index (χ3n) is 6.00. The first-order chi connectivity index (χ1) is 16.1. The molecule has 0 fully saturated rings. The van der Waals surface area contributed by atoms with Crippen LogP contribution in [0.5, 0.6) is 0 Å². The van der Waals surface area contributed by atoms with Crippen LogP contribution in [0.25, 0.3) is 38.9 Å². The molecule has 6 aromatic rings. The van der Waals surface area contributed by atoms with Gasteiger partial charge >= 0.3 is 0 Å². The Morgan fingerprint density at radius 1 is 0.758 bits per heavy atom. The standard InChI is InChI=1S/C27H21N5O/c1-17-9-8-12-20(15-17)32-25-23(24-26(32)30-22-14-7-6-13-21(22)29-24)27(33)31(18(2)28-25)16-19-10-4-3-5-11-19/h3-15H,16H2,1-2H3. The Morgan fingerprint density at radius 2 is 1.48 bits per heavy atom. The van der Waals surface area contributed by atoms with Gasteiger partial charge in [0, 0.05) is 5.69 Å². The number of benzene rings is 3. The first kappa shape index (κ1) is 19.4. The van der Waals surface area contributed by atoms with Gasteiger partial charge < -0.3 is 0 Å². The van der Waals surface area contributed by atoms with Crippen LogP contribution in [-0.2, 0) is 6.54 Å². The van der Waals surface area contributed by atoms with E-state index >= 15 is 0 Å². The van der Waals surface area contributed by atoms with E-state index in [0.717, 1.165) is 27.8 Å². The molecule has 0 aliphatic rings. The van der Waals surface area contributed by atoms with E-state index in [1.165, 1.54) is 0 Å². The summed E-state index contributed by atoms with van der Waals surface area (Å²) in [6.07, 6.45) is 0. The van der Waals surface area contributed by atoms with Crippen molar-refractivity contribution in [2.45, 2.75) is 20.4 Å². The monoisotopic (exact) mass is 431 g/mol. The van der Waals surface area contributed by atoms with Gasteiger partial charge in [-0.3, -0.25) is 13.9 Å². The van der Waals surface area contributed by atoms with Crippen LogP contribution < -0.4 is 5.56 Å².